The molecule has 0 saturated heterocycles. The molecule has 0 aromatic heterocycles. The second-order valence-corrected chi connectivity index (χ2v) is 7.87. The maximum atomic E-state index is 11.2. The van der Waals surface area contributed by atoms with Gasteiger partial charge in [0.15, 0.2) is 0 Å². The molecule has 0 spiro atoms. The van der Waals surface area contributed by atoms with Crippen molar-refractivity contribution in [3.05, 3.63) is 39.9 Å². The van der Waals surface area contributed by atoms with Crippen LogP contribution in [-0.2, 0) is 15.5 Å². The van der Waals surface area contributed by atoms with Crippen molar-refractivity contribution in [2.24, 2.45) is 5.92 Å². The summed E-state index contributed by atoms with van der Waals surface area (Å²) >= 11 is 0. The van der Waals surface area contributed by atoms with Gasteiger partial charge in [0.25, 0.3) is 5.69 Å². The lowest BCUT2D eigenvalue weighted by atomic mass is 9.99. The van der Waals surface area contributed by atoms with Crippen LogP contribution in [0.3, 0.4) is 0 Å². The summed E-state index contributed by atoms with van der Waals surface area (Å²) in [5.74, 6) is 0.593. The summed E-state index contributed by atoms with van der Waals surface area (Å²) in [6, 6.07) is 6.42. The van der Waals surface area contributed by atoms with Crippen LogP contribution in [0.5, 0.6) is 0 Å². The Hall–Kier alpha value is -1.31. The molecule has 0 heterocycles. The molecule has 8 nitrogen and oxygen atoms in total. The highest BCUT2D eigenvalue weighted by atomic mass is 31.2. The molecule has 0 aliphatic carbocycles. The van der Waals surface area contributed by atoms with E-state index in [0.29, 0.717) is 18.9 Å². The van der Waals surface area contributed by atoms with Gasteiger partial charge in [-0.2, -0.15) is 0 Å². The van der Waals surface area contributed by atoms with Crippen molar-refractivity contribution in [2.75, 3.05) is 6.54 Å². The molecule has 0 saturated carbocycles. The number of nitro groups is 1. The van der Waals surface area contributed by atoms with Gasteiger partial charge in [-0.25, -0.2) is 4.57 Å². The van der Waals surface area contributed by atoms with Gasteiger partial charge in [-0.05, 0) is 50.1 Å². The van der Waals surface area contributed by atoms with Crippen molar-refractivity contribution in [3.63, 3.8) is 0 Å². The van der Waals surface area contributed by atoms with Gasteiger partial charge in [-0.3, -0.25) is 20.0 Å². The fourth-order valence-corrected chi connectivity index (χ4v) is 3.46. The quantitative estimate of drug-likeness (QED) is 0.140. The number of phosphoric acid groups is 1. The second-order valence-electron chi connectivity index (χ2n) is 6.68. The summed E-state index contributed by atoms with van der Waals surface area (Å²) in [7, 11) is -4.55. The Morgan fingerprint density at radius 3 is 2.30 bits per heavy atom. The first-order chi connectivity index (χ1) is 12.7. The van der Waals surface area contributed by atoms with Crippen molar-refractivity contribution in [2.45, 2.75) is 65.0 Å². The number of phosphoric ester groups is 1. The molecule has 0 aliphatic rings. The van der Waals surface area contributed by atoms with Gasteiger partial charge >= 0.3 is 7.82 Å². The summed E-state index contributed by atoms with van der Waals surface area (Å²) in [6.07, 6.45) is 5.17. The summed E-state index contributed by atoms with van der Waals surface area (Å²) < 4.78 is 16.0. The summed E-state index contributed by atoms with van der Waals surface area (Å²) in [5.41, 5.74) is 1.06. The van der Waals surface area contributed by atoms with Crippen LogP contribution in [0.4, 0.5) is 5.69 Å². The lowest BCUT2D eigenvalue weighted by Crippen LogP contribution is -2.32. The lowest BCUT2D eigenvalue weighted by Gasteiger charge is -2.21. The van der Waals surface area contributed by atoms with E-state index in [0.717, 1.165) is 44.1 Å². The minimum absolute atomic E-state index is 0.0653. The average Bonchev–Trinajstić information content (AvgIpc) is 2.61. The highest BCUT2D eigenvalue weighted by molar-refractivity contribution is 7.46. The van der Waals surface area contributed by atoms with Crippen molar-refractivity contribution in [3.8, 4) is 0 Å². The molecule has 0 bridgehead atoms. The molecular formula is C18H31N2O6P. The number of hydrogen-bond acceptors (Lipinski definition) is 5. The first kappa shape index (κ1) is 23.7. The third-order valence-electron chi connectivity index (χ3n) is 4.67. The third-order valence-corrected chi connectivity index (χ3v) is 5.20. The summed E-state index contributed by atoms with van der Waals surface area (Å²) in [6.45, 7) is 4.92. The number of rotatable bonds is 14. The molecule has 0 fully saturated rings. The Bertz CT molecular complexity index is 600. The minimum Gasteiger partial charge on any atom is -0.303 e. The Kier molecular flexibility index (Phi) is 10.7. The number of hydrogen-bond donors (Lipinski definition) is 3. The zero-order valence-electron chi connectivity index (χ0n) is 16.0. The van der Waals surface area contributed by atoms with Crippen LogP contribution in [-0.4, -0.2) is 27.5 Å². The molecule has 27 heavy (non-hydrogen) atoms. The normalized spacial score (nSPS) is 13.1. The number of nitrogens with one attached hydrogen (secondary N) is 1. The predicted molar refractivity (Wildman–Crippen MR) is 104 cm³/mol. The number of nitrogens with zero attached hydrogens (tertiary/aromatic N) is 1. The fraction of sp³-hybridized carbons (Fsp3) is 0.667. The van der Waals surface area contributed by atoms with E-state index in [4.69, 9.17) is 14.3 Å². The van der Waals surface area contributed by atoms with Crippen molar-refractivity contribution in [1.29, 1.82) is 0 Å². The second kappa shape index (κ2) is 12.2. The van der Waals surface area contributed by atoms with Crippen LogP contribution in [0.2, 0.25) is 0 Å². The Morgan fingerprint density at radius 2 is 1.78 bits per heavy atom. The molecule has 154 valence electrons. The smallest absolute Gasteiger partial charge is 0.303 e. The topological polar surface area (TPSA) is 122 Å². The predicted octanol–water partition coefficient (Wildman–Crippen LogP) is 4.16. The van der Waals surface area contributed by atoms with Gasteiger partial charge in [0, 0.05) is 12.1 Å². The average molecular weight is 402 g/mol. The number of non-ortho nitro benzene ring substituents is 1. The largest absolute Gasteiger partial charge is 0.471 e. The highest BCUT2D eigenvalue weighted by Crippen LogP contribution is 2.38. The molecule has 9 heteroatoms. The maximum absolute atomic E-state index is 11.2. The van der Waals surface area contributed by atoms with E-state index in [1.54, 1.807) is 12.1 Å². The highest BCUT2D eigenvalue weighted by Gasteiger charge is 2.21. The Balaban J connectivity index is 2.41. The first-order valence-corrected chi connectivity index (χ1v) is 11.0. The zero-order valence-corrected chi connectivity index (χ0v) is 16.9. The Labute approximate surface area is 160 Å². The first-order valence-electron chi connectivity index (χ1n) is 9.45. The monoisotopic (exact) mass is 402 g/mol. The van der Waals surface area contributed by atoms with Crippen molar-refractivity contribution in [1.82, 2.24) is 5.32 Å². The lowest BCUT2D eigenvalue weighted by molar-refractivity contribution is -0.384. The molecule has 1 aromatic rings. The summed E-state index contributed by atoms with van der Waals surface area (Å²) in [4.78, 5) is 28.4. The molecule has 3 N–H and O–H groups in total. The van der Waals surface area contributed by atoms with Gasteiger partial charge in [-0.1, -0.05) is 38.8 Å². The molecular weight excluding hydrogens is 371 g/mol. The van der Waals surface area contributed by atoms with Gasteiger partial charge < -0.3 is 9.79 Å². The van der Waals surface area contributed by atoms with E-state index in [-0.39, 0.29) is 5.69 Å². The molecule has 1 rings (SSSR count). The minimum atomic E-state index is -4.55. The molecule has 1 atom stereocenters. The maximum Gasteiger partial charge on any atom is 0.471 e. The van der Waals surface area contributed by atoms with Gasteiger partial charge in [0.1, 0.15) is 6.23 Å². The Morgan fingerprint density at radius 1 is 1.15 bits per heavy atom. The zero-order chi connectivity index (χ0) is 20.3. The van der Waals surface area contributed by atoms with E-state index in [1.807, 2.05) is 0 Å². The van der Waals surface area contributed by atoms with Crippen molar-refractivity contribution < 1.29 is 23.8 Å². The van der Waals surface area contributed by atoms with Crippen LogP contribution < -0.4 is 5.32 Å². The number of unbranched alkanes of at least 4 members (excludes halogenated alkanes) is 1. The standard InChI is InChI=1S/C18H31N2O6P/c1-3-15(4-2)13-14-19-18(26-27(23,24)25)8-6-5-7-16-9-11-17(12-10-16)20(21)22/h9-12,15,18-19H,3-8,13-14H2,1-2H3,(H2,23,24,25). The van der Waals surface area contributed by atoms with Crippen LogP contribution in [0.1, 0.15) is 57.9 Å². The molecule has 0 aliphatic heterocycles. The number of nitro benzene ring substituents is 1. The third kappa shape index (κ3) is 10.6. The SMILES string of the molecule is CCC(CC)CCNC(CCCCc1ccc([N+](=O)[O-])cc1)OP(=O)(O)O. The van der Waals surface area contributed by atoms with Crippen LogP contribution in [0.15, 0.2) is 24.3 Å². The van der Waals surface area contributed by atoms with Gasteiger partial charge in [0.2, 0.25) is 0 Å². The molecule has 0 amide bonds. The van der Waals surface area contributed by atoms with Crippen LogP contribution in [0, 0.1) is 16.0 Å². The molecule has 0 radical (unpaired) electrons. The van der Waals surface area contributed by atoms with Crippen LogP contribution in [0.25, 0.3) is 0 Å². The fourth-order valence-electron chi connectivity index (χ4n) is 2.95. The van der Waals surface area contributed by atoms with Crippen molar-refractivity contribution >= 4 is 13.5 Å². The van der Waals surface area contributed by atoms with Gasteiger partial charge in [-0.15, -0.1) is 0 Å². The van der Waals surface area contributed by atoms with E-state index < -0.39 is 19.0 Å². The molecule has 1 unspecified atom stereocenters. The van der Waals surface area contributed by atoms with Gasteiger partial charge in [0.05, 0.1) is 4.92 Å². The van der Waals surface area contributed by atoms with E-state index in [1.165, 1.54) is 12.1 Å². The van der Waals surface area contributed by atoms with Crippen LogP contribution >= 0.6 is 7.82 Å². The summed E-state index contributed by atoms with van der Waals surface area (Å²) in [5, 5.41) is 13.8. The number of benzene rings is 1. The van der Waals surface area contributed by atoms with E-state index in [2.05, 4.69) is 19.2 Å². The molecule has 1 aromatic carbocycles. The number of aryl methyl sites for hydroxylation is 1. The van der Waals surface area contributed by atoms with E-state index in [9.17, 15) is 14.7 Å². The van der Waals surface area contributed by atoms with E-state index >= 15 is 0 Å².